The molecule has 2 aliphatic rings. The van der Waals surface area contributed by atoms with Gasteiger partial charge < -0.3 is 10.1 Å². The van der Waals surface area contributed by atoms with Crippen LogP contribution in [0.2, 0.25) is 0 Å². The van der Waals surface area contributed by atoms with Crippen molar-refractivity contribution in [1.82, 2.24) is 20.2 Å². The second-order valence-electron chi connectivity index (χ2n) is 6.38. The highest BCUT2D eigenvalue weighted by Crippen LogP contribution is 2.39. The molecule has 0 aliphatic heterocycles. The zero-order chi connectivity index (χ0) is 18.1. The van der Waals surface area contributed by atoms with Gasteiger partial charge in [0.2, 0.25) is 11.1 Å². The van der Waals surface area contributed by atoms with Crippen LogP contribution in [0.4, 0.5) is 5.00 Å². The number of tetrazole rings is 1. The lowest BCUT2D eigenvalue weighted by atomic mass is 9.95. The van der Waals surface area contributed by atoms with E-state index in [1.807, 2.05) is 0 Å². The molecule has 0 bridgehead atoms. The maximum absolute atomic E-state index is 12.4. The summed E-state index contributed by atoms with van der Waals surface area (Å²) in [6.07, 6.45) is 6.13. The van der Waals surface area contributed by atoms with E-state index in [4.69, 9.17) is 4.74 Å². The lowest BCUT2D eigenvalue weighted by Crippen LogP contribution is -2.17. The third-order valence-corrected chi connectivity index (χ3v) is 6.64. The highest BCUT2D eigenvalue weighted by molar-refractivity contribution is 7.99. The number of rotatable bonds is 6. The number of anilines is 1. The van der Waals surface area contributed by atoms with Gasteiger partial charge in [-0.3, -0.25) is 4.79 Å². The van der Waals surface area contributed by atoms with E-state index < -0.39 is 0 Å². The molecule has 0 aromatic carbocycles. The molecule has 0 saturated heterocycles. The van der Waals surface area contributed by atoms with Crippen LogP contribution in [0.3, 0.4) is 0 Å². The highest BCUT2D eigenvalue weighted by atomic mass is 32.2. The SMILES string of the molecule is COC(=O)c1c(NC(=O)CSc2nnnn2C2CC2)sc2c1CCCC2. The van der Waals surface area contributed by atoms with Gasteiger partial charge >= 0.3 is 5.97 Å². The van der Waals surface area contributed by atoms with E-state index in [1.54, 1.807) is 4.68 Å². The maximum atomic E-state index is 12.4. The number of esters is 1. The van der Waals surface area contributed by atoms with Crippen molar-refractivity contribution < 1.29 is 14.3 Å². The van der Waals surface area contributed by atoms with Crippen LogP contribution in [0, 0.1) is 0 Å². The summed E-state index contributed by atoms with van der Waals surface area (Å²) in [7, 11) is 1.37. The number of carbonyl (C=O) groups excluding carboxylic acids is 2. The molecule has 1 amide bonds. The second kappa shape index (κ2) is 7.36. The van der Waals surface area contributed by atoms with Crippen molar-refractivity contribution in [1.29, 1.82) is 0 Å². The van der Waals surface area contributed by atoms with E-state index in [2.05, 4.69) is 20.8 Å². The van der Waals surface area contributed by atoms with Crippen molar-refractivity contribution in [3.63, 3.8) is 0 Å². The summed E-state index contributed by atoms with van der Waals surface area (Å²) in [5, 5.41) is 15.8. The van der Waals surface area contributed by atoms with Crippen LogP contribution in [0.15, 0.2) is 5.16 Å². The first-order chi connectivity index (χ1) is 12.7. The number of hydrogen-bond donors (Lipinski definition) is 1. The van der Waals surface area contributed by atoms with Crippen LogP contribution in [0.1, 0.15) is 52.5 Å². The van der Waals surface area contributed by atoms with Gasteiger partial charge in [-0.1, -0.05) is 11.8 Å². The van der Waals surface area contributed by atoms with Gasteiger partial charge in [-0.25, -0.2) is 9.48 Å². The molecular weight excluding hydrogens is 374 g/mol. The zero-order valence-corrected chi connectivity index (χ0v) is 16.0. The maximum Gasteiger partial charge on any atom is 0.341 e. The van der Waals surface area contributed by atoms with Gasteiger partial charge in [0.1, 0.15) is 5.00 Å². The van der Waals surface area contributed by atoms with Crippen LogP contribution in [-0.2, 0) is 22.4 Å². The van der Waals surface area contributed by atoms with Crippen LogP contribution in [-0.4, -0.2) is 44.9 Å². The number of carbonyl (C=O) groups is 2. The molecule has 0 atom stereocenters. The number of ether oxygens (including phenoxy) is 1. The Hall–Kier alpha value is -1.94. The topological polar surface area (TPSA) is 99.0 Å². The fourth-order valence-corrected chi connectivity index (χ4v) is 5.13. The predicted octanol–water partition coefficient (Wildman–Crippen LogP) is 2.47. The average Bonchev–Trinajstić information content (AvgIpc) is 3.27. The average molecular weight is 393 g/mol. The number of methoxy groups -OCH3 is 1. The molecular formula is C16H19N5O3S2. The first-order valence-electron chi connectivity index (χ1n) is 8.60. The lowest BCUT2D eigenvalue weighted by Gasteiger charge is -2.11. The minimum absolute atomic E-state index is 0.177. The van der Waals surface area contributed by atoms with E-state index in [9.17, 15) is 9.59 Å². The molecule has 2 heterocycles. The minimum Gasteiger partial charge on any atom is -0.465 e. The Labute approximate surface area is 158 Å². The van der Waals surface area contributed by atoms with Crippen molar-refractivity contribution in [2.24, 2.45) is 0 Å². The molecule has 0 radical (unpaired) electrons. The van der Waals surface area contributed by atoms with Gasteiger partial charge in [-0.2, -0.15) is 0 Å². The summed E-state index contributed by atoms with van der Waals surface area (Å²) in [6, 6.07) is 0.366. The molecule has 0 unspecified atom stereocenters. The molecule has 1 saturated carbocycles. The zero-order valence-electron chi connectivity index (χ0n) is 14.4. The largest absolute Gasteiger partial charge is 0.465 e. The monoisotopic (exact) mass is 393 g/mol. The van der Waals surface area contributed by atoms with Gasteiger partial charge in [-0.05, 0) is 54.5 Å². The number of fused-ring (bicyclic) bond motifs is 1. The number of thiophene rings is 1. The van der Waals surface area contributed by atoms with Crippen molar-refractivity contribution >= 4 is 40.0 Å². The molecule has 10 heteroatoms. The van der Waals surface area contributed by atoms with Gasteiger partial charge in [0.05, 0.1) is 24.5 Å². The molecule has 2 aromatic heterocycles. The smallest absolute Gasteiger partial charge is 0.341 e. The minimum atomic E-state index is -0.384. The van der Waals surface area contributed by atoms with Crippen LogP contribution in [0.5, 0.6) is 0 Å². The molecule has 8 nitrogen and oxygen atoms in total. The van der Waals surface area contributed by atoms with Gasteiger partial charge in [-0.15, -0.1) is 16.4 Å². The van der Waals surface area contributed by atoms with Crippen molar-refractivity contribution in [2.45, 2.75) is 49.7 Å². The van der Waals surface area contributed by atoms with E-state index in [-0.39, 0.29) is 17.6 Å². The molecule has 2 aliphatic carbocycles. The Morgan fingerprint density at radius 1 is 1.35 bits per heavy atom. The van der Waals surface area contributed by atoms with E-state index >= 15 is 0 Å². The van der Waals surface area contributed by atoms with Gasteiger partial charge in [0.25, 0.3) is 0 Å². The number of nitrogens with zero attached hydrogens (tertiary/aromatic N) is 4. The normalized spacial score (nSPS) is 16.2. The van der Waals surface area contributed by atoms with E-state index in [0.717, 1.165) is 44.1 Å². The Bertz CT molecular complexity index is 843. The molecule has 2 aromatic rings. The number of thioether (sulfide) groups is 1. The van der Waals surface area contributed by atoms with Gasteiger partial charge in [0, 0.05) is 4.88 Å². The summed E-state index contributed by atoms with van der Waals surface area (Å²) in [6.45, 7) is 0. The molecule has 26 heavy (non-hydrogen) atoms. The standard InChI is InChI=1S/C16H19N5O3S2/c1-24-15(23)13-10-4-2-3-5-11(10)26-14(13)17-12(22)8-25-16-18-19-20-21(16)9-6-7-9/h9H,2-8H2,1H3,(H,17,22). The molecule has 0 spiro atoms. The van der Waals surface area contributed by atoms with Crippen molar-refractivity contribution in [3.8, 4) is 0 Å². The van der Waals surface area contributed by atoms with Crippen molar-refractivity contribution in [3.05, 3.63) is 16.0 Å². The third-order valence-electron chi connectivity index (χ3n) is 4.50. The summed E-state index contributed by atoms with van der Waals surface area (Å²) < 4.78 is 6.71. The quantitative estimate of drug-likeness (QED) is 0.594. The number of aryl methyl sites for hydroxylation is 1. The summed E-state index contributed by atoms with van der Waals surface area (Å²) in [5.74, 6) is -0.370. The second-order valence-corrected chi connectivity index (χ2v) is 8.43. The molecule has 1 N–H and O–H groups in total. The highest BCUT2D eigenvalue weighted by Gasteiger charge is 2.29. The summed E-state index contributed by atoms with van der Waals surface area (Å²) >= 11 is 2.80. The Kier molecular flexibility index (Phi) is 4.94. The van der Waals surface area contributed by atoms with E-state index in [1.165, 1.54) is 35.1 Å². The van der Waals surface area contributed by atoms with E-state index in [0.29, 0.717) is 21.8 Å². The Morgan fingerprint density at radius 3 is 2.92 bits per heavy atom. The first-order valence-corrected chi connectivity index (χ1v) is 10.4. The summed E-state index contributed by atoms with van der Waals surface area (Å²) in [5.41, 5.74) is 1.56. The number of aromatic nitrogens is 4. The van der Waals surface area contributed by atoms with Crippen LogP contribution < -0.4 is 5.32 Å². The fraction of sp³-hybridized carbons (Fsp3) is 0.562. The Morgan fingerprint density at radius 2 is 2.15 bits per heavy atom. The number of nitrogens with one attached hydrogen (secondary N) is 1. The third kappa shape index (κ3) is 3.48. The molecule has 4 rings (SSSR count). The number of hydrogen-bond acceptors (Lipinski definition) is 8. The lowest BCUT2D eigenvalue weighted by molar-refractivity contribution is -0.113. The number of amides is 1. The molecule has 1 fully saturated rings. The summed E-state index contributed by atoms with van der Waals surface area (Å²) in [4.78, 5) is 25.8. The Balaban J connectivity index is 1.46. The molecule has 138 valence electrons. The first kappa shape index (κ1) is 17.5. The fourth-order valence-electron chi connectivity index (χ4n) is 3.09. The van der Waals surface area contributed by atoms with Crippen LogP contribution in [0.25, 0.3) is 0 Å². The predicted molar refractivity (Wildman–Crippen MR) is 97.7 cm³/mol. The van der Waals surface area contributed by atoms with Crippen molar-refractivity contribution in [2.75, 3.05) is 18.2 Å². The van der Waals surface area contributed by atoms with Gasteiger partial charge in [0.15, 0.2) is 0 Å². The van der Waals surface area contributed by atoms with Crippen LogP contribution >= 0.6 is 23.1 Å².